The highest BCUT2D eigenvalue weighted by Crippen LogP contribution is 2.24. The van der Waals surface area contributed by atoms with Gasteiger partial charge in [-0.05, 0) is 50.0 Å². The Labute approximate surface area is 161 Å². The minimum atomic E-state index is -3.64. The lowest BCUT2D eigenvalue weighted by atomic mass is 10.0. The quantitative estimate of drug-likeness (QED) is 0.808. The van der Waals surface area contributed by atoms with Crippen molar-refractivity contribution in [3.05, 3.63) is 29.3 Å². The maximum Gasteiger partial charge on any atom is 0.253 e. The van der Waals surface area contributed by atoms with Crippen molar-refractivity contribution in [2.75, 3.05) is 46.4 Å². The highest BCUT2D eigenvalue weighted by Gasteiger charge is 2.30. The average Bonchev–Trinajstić information content (AvgIpc) is 2.73. The van der Waals surface area contributed by atoms with E-state index in [1.807, 2.05) is 14.0 Å². The van der Waals surface area contributed by atoms with Crippen LogP contribution in [0.3, 0.4) is 0 Å². The van der Waals surface area contributed by atoms with Gasteiger partial charge in [-0.25, -0.2) is 8.42 Å². The van der Waals surface area contributed by atoms with Crippen LogP contribution >= 0.6 is 0 Å². The number of rotatable bonds is 5. The Bertz CT molecular complexity index is 769. The second kappa shape index (κ2) is 8.68. The van der Waals surface area contributed by atoms with Crippen LogP contribution in [0.2, 0.25) is 0 Å². The molecule has 0 spiro atoms. The number of benzene rings is 1. The second-order valence-corrected chi connectivity index (χ2v) is 9.00. The third-order valence-electron chi connectivity index (χ3n) is 5.46. The first-order chi connectivity index (χ1) is 12.9. The number of ether oxygens (including phenoxy) is 1. The number of piperidine rings is 1. The summed E-state index contributed by atoms with van der Waals surface area (Å²) in [7, 11) is -1.83. The molecule has 2 fully saturated rings. The Morgan fingerprint density at radius 1 is 1.26 bits per heavy atom. The molecule has 27 heavy (non-hydrogen) atoms. The fraction of sp³-hybridized carbons (Fsp3) is 0.632. The van der Waals surface area contributed by atoms with E-state index in [1.54, 1.807) is 23.1 Å². The van der Waals surface area contributed by atoms with Crippen LogP contribution < -0.4 is 5.32 Å². The summed E-state index contributed by atoms with van der Waals surface area (Å²) in [6, 6.07) is 5.26. The monoisotopic (exact) mass is 395 g/mol. The van der Waals surface area contributed by atoms with E-state index in [-0.39, 0.29) is 16.8 Å². The van der Waals surface area contributed by atoms with E-state index < -0.39 is 10.0 Å². The molecule has 1 aromatic carbocycles. The molecule has 150 valence electrons. The molecular formula is C19H29N3O4S. The number of nitrogens with zero attached hydrogens (tertiary/aromatic N) is 2. The molecule has 7 nitrogen and oxygen atoms in total. The van der Waals surface area contributed by atoms with Gasteiger partial charge in [-0.3, -0.25) is 4.79 Å². The first kappa shape index (κ1) is 20.3. The van der Waals surface area contributed by atoms with Crippen LogP contribution in [0.1, 0.15) is 35.7 Å². The molecule has 0 saturated carbocycles. The molecule has 0 unspecified atom stereocenters. The Kier molecular flexibility index (Phi) is 6.52. The Hall–Kier alpha value is -1.48. The lowest BCUT2D eigenvalue weighted by Crippen LogP contribution is -2.44. The van der Waals surface area contributed by atoms with Crippen LogP contribution in [-0.2, 0) is 21.2 Å². The largest absolute Gasteiger partial charge is 0.379 e. The predicted octanol–water partition coefficient (Wildman–Crippen LogP) is 1.09. The molecule has 0 radical (unpaired) electrons. The van der Waals surface area contributed by atoms with Crippen molar-refractivity contribution in [3.8, 4) is 0 Å². The molecule has 2 aliphatic heterocycles. The van der Waals surface area contributed by atoms with Crippen LogP contribution in [0, 0.1) is 0 Å². The van der Waals surface area contributed by atoms with E-state index in [9.17, 15) is 13.2 Å². The fourth-order valence-electron chi connectivity index (χ4n) is 3.71. The van der Waals surface area contributed by atoms with Gasteiger partial charge < -0.3 is 15.0 Å². The molecule has 1 N–H and O–H groups in total. The molecule has 0 bridgehead atoms. The first-order valence-corrected chi connectivity index (χ1v) is 11.1. The van der Waals surface area contributed by atoms with Gasteiger partial charge in [0, 0.05) is 31.7 Å². The van der Waals surface area contributed by atoms with E-state index in [1.165, 1.54) is 4.31 Å². The maximum atomic E-state index is 13.2. The second-order valence-electron chi connectivity index (χ2n) is 7.09. The Balaban J connectivity index is 1.89. The molecule has 0 aliphatic carbocycles. The molecular weight excluding hydrogens is 366 g/mol. The van der Waals surface area contributed by atoms with Crippen LogP contribution in [0.25, 0.3) is 0 Å². The van der Waals surface area contributed by atoms with Gasteiger partial charge in [0.25, 0.3) is 5.91 Å². The highest BCUT2D eigenvalue weighted by molar-refractivity contribution is 7.89. The van der Waals surface area contributed by atoms with Gasteiger partial charge in [-0.15, -0.1) is 0 Å². The number of carbonyl (C=O) groups excluding carboxylic acids is 1. The summed E-state index contributed by atoms with van der Waals surface area (Å²) in [5.41, 5.74) is 1.17. The normalized spacial score (nSPS) is 19.8. The fourth-order valence-corrected chi connectivity index (χ4v) is 5.44. The summed E-state index contributed by atoms with van der Waals surface area (Å²) in [4.78, 5) is 15.0. The number of hydrogen-bond donors (Lipinski definition) is 1. The number of hydrogen-bond acceptors (Lipinski definition) is 5. The van der Waals surface area contributed by atoms with Crippen molar-refractivity contribution < 1.29 is 17.9 Å². The minimum Gasteiger partial charge on any atom is -0.379 e. The summed E-state index contributed by atoms with van der Waals surface area (Å²) in [6.07, 6.45) is 2.42. The number of amides is 1. The van der Waals surface area contributed by atoms with Gasteiger partial charge >= 0.3 is 0 Å². The van der Waals surface area contributed by atoms with E-state index in [2.05, 4.69) is 5.32 Å². The van der Waals surface area contributed by atoms with Crippen LogP contribution in [0.15, 0.2) is 23.1 Å². The van der Waals surface area contributed by atoms with E-state index >= 15 is 0 Å². The van der Waals surface area contributed by atoms with Crippen LogP contribution in [0.4, 0.5) is 0 Å². The molecule has 2 heterocycles. The van der Waals surface area contributed by atoms with Gasteiger partial charge in [0.2, 0.25) is 10.0 Å². The zero-order chi connectivity index (χ0) is 19.4. The summed E-state index contributed by atoms with van der Waals surface area (Å²) < 4.78 is 33.0. The lowest BCUT2D eigenvalue weighted by Gasteiger charge is -2.32. The van der Waals surface area contributed by atoms with E-state index in [4.69, 9.17) is 4.74 Å². The Morgan fingerprint density at radius 2 is 1.93 bits per heavy atom. The average molecular weight is 396 g/mol. The van der Waals surface area contributed by atoms with Crippen molar-refractivity contribution in [3.63, 3.8) is 0 Å². The van der Waals surface area contributed by atoms with Crippen molar-refractivity contribution in [1.82, 2.24) is 14.5 Å². The summed E-state index contributed by atoms with van der Waals surface area (Å²) >= 11 is 0. The first-order valence-electron chi connectivity index (χ1n) is 9.64. The maximum absolute atomic E-state index is 13.2. The summed E-state index contributed by atoms with van der Waals surface area (Å²) in [5.74, 6) is -0.122. The van der Waals surface area contributed by atoms with Crippen molar-refractivity contribution >= 4 is 15.9 Å². The van der Waals surface area contributed by atoms with Gasteiger partial charge in [0.15, 0.2) is 0 Å². The lowest BCUT2D eigenvalue weighted by molar-refractivity contribution is 0.0702. The standard InChI is InChI=1S/C19H29N3O4S/c1-3-15-4-5-16(19(23)21(2)17-6-8-20-9-7-17)14-18(15)27(24,25)22-10-12-26-13-11-22/h4-5,14,17,20H,3,6-13H2,1-2H3. The Morgan fingerprint density at radius 3 is 2.56 bits per heavy atom. The van der Waals surface area contributed by atoms with Crippen molar-refractivity contribution in [2.45, 2.75) is 37.1 Å². The molecule has 8 heteroatoms. The molecule has 1 amide bonds. The number of morpholine rings is 1. The topological polar surface area (TPSA) is 79.0 Å². The van der Waals surface area contributed by atoms with Gasteiger partial charge in [-0.1, -0.05) is 13.0 Å². The SMILES string of the molecule is CCc1ccc(C(=O)N(C)C2CCNCC2)cc1S(=O)(=O)N1CCOCC1. The third kappa shape index (κ3) is 4.34. The van der Waals surface area contributed by atoms with Crippen molar-refractivity contribution in [2.24, 2.45) is 0 Å². The number of carbonyl (C=O) groups is 1. The zero-order valence-corrected chi connectivity index (χ0v) is 16.9. The smallest absolute Gasteiger partial charge is 0.253 e. The van der Waals surface area contributed by atoms with Gasteiger partial charge in [-0.2, -0.15) is 4.31 Å². The highest BCUT2D eigenvalue weighted by atomic mass is 32.2. The zero-order valence-electron chi connectivity index (χ0n) is 16.1. The van der Waals surface area contributed by atoms with Gasteiger partial charge in [0.1, 0.15) is 0 Å². The number of aryl methyl sites for hydroxylation is 1. The van der Waals surface area contributed by atoms with Gasteiger partial charge in [0.05, 0.1) is 18.1 Å². The molecule has 1 aromatic rings. The van der Waals surface area contributed by atoms with Crippen LogP contribution in [0.5, 0.6) is 0 Å². The predicted molar refractivity (Wildman–Crippen MR) is 103 cm³/mol. The number of nitrogens with one attached hydrogen (secondary N) is 1. The molecule has 0 aromatic heterocycles. The van der Waals surface area contributed by atoms with E-state index in [0.717, 1.165) is 31.5 Å². The van der Waals surface area contributed by atoms with Crippen LogP contribution in [-0.4, -0.2) is 76.0 Å². The third-order valence-corrected chi connectivity index (χ3v) is 7.44. The molecule has 2 saturated heterocycles. The summed E-state index contributed by atoms with van der Waals surface area (Å²) in [6.45, 7) is 5.21. The van der Waals surface area contributed by atoms with E-state index in [0.29, 0.717) is 38.3 Å². The van der Waals surface area contributed by atoms with Crippen molar-refractivity contribution in [1.29, 1.82) is 0 Å². The summed E-state index contributed by atoms with van der Waals surface area (Å²) in [5, 5.41) is 3.30. The molecule has 3 rings (SSSR count). The molecule has 0 atom stereocenters. The minimum absolute atomic E-state index is 0.122. The number of sulfonamides is 1. The molecule has 2 aliphatic rings.